The Kier molecular flexibility index (Phi) is 4.34. The van der Waals surface area contributed by atoms with Crippen LogP contribution in [0.4, 0.5) is 0 Å². The van der Waals surface area contributed by atoms with Crippen molar-refractivity contribution in [2.45, 2.75) is 13.5 Å². The van der Waals surface area contributed by atoms with Crippen molar-refractivity contribution in [3.63, 3.8) is 0 Å². The van der Waals surface area contributed by atoms with E-state index in [4.69, 9.17) is 0 Å². The number of aromatic amines is 1. The summed E-state index contributed by atoms with van der Waals surface area (Å²) in [4.78, 5) is 18.6. The molecule has 0 spiro atoms. The van der Waals surface area contributed by atoms with Gasteiger partial charge in [0.2, 0.25) is 0 Å². The molecule has 3 rings (SSSR count). The molecule has 6 heteroatoms. The van der Waals surface area contributed by atoms with Gasteiger partial charge in [-0.1, -0.05) is 30.3 Å². The summed E-state index contributed by atoms with van der Waals surface area (Å²) in [7, 11) is 0. The largest absolute Gasteiger partial charge is 0.395 e. The molecule has 1 amide bonds. The number of pyridine rings is 1. The number of hydrogen-bond acceptors (Lipinski definition) is 4. The summed E-state index contributed by atoms with van der Waals surface area (Å²) in [6.45, 7) is 2.53. The number of benzene rings is 1. The van der Waals surface area contributed by atoms with Crippen molar-refractivity contribution in [3.05, 3.63) is 59.4 Å². The van der Waals surface area contributed by atoms with Gasteiger partial charge in [0.05, 0.1) is 12.2 Å². The van der Waals surface area contributed by atoms with E-state index in [-0.39, 0.29) is 19.1 Å². The van der Waals surface area contributed by atoms with E-state index in [0.29, 0.717) is 17.8 Å². The SMILES string of the molecule is Cc1[nH]nc2ncc(C(=O)N(CCO)Cc3ccccc3)cc12. The quantitative estimate of drug-likeness (QED) is 0.754. The number of fused-ring (bicyclic) bond motifs is 1. The van der Waals surface area contributed by atoms with Gasteiger partial charge in [-0.3, -0.25) is 9.89 Å². The molecule has 0 aliphatic carbocycles. The zero-order valence-electron chi connectivity index (χ0n) is 12.9. The second-order valence-corrected chi connectivity index (χ2v) is 5.38. The van der Waals surface area contributed by atoms with Crippen LogP contribution in [0, 0.1) is 6.92 Å². The van der Waals surface area contributed by atoms with Gasteiger partial charge in [0, 0.05) is 30.4 Å². The number of amides is 1. The Morgan fingerprint density at radius 2 is 2.09 bits per heavy atom. The topological polar surface area (TPSA) is 82.1 Å². The number of aliphatic hydroxyl groups is 1. The van der Waals surface area contributed by atoms with Gasteiger partial charge in [0.15, 0.2) is 5.65 Å². The predicted octanol–water partition coefficient (Wildman–Crippen LogP) is 1.90. The number of nitrogens with zero attached hydrogens (tertiary/aromatic N) is 3. The highest BCUT2D eigenvalue weighted by molar-refractivity contribution is 5.97. The molecule has 0 saturated heterocycles. The van der Waals surface area contributed by atoms with Gasteiger partial charge in [-0.15, -0.1) is 0 Å². The minimum atomic E-state index is -0.155. The van der Waals surface area contributed by atoms with E-state index in [1.54, 1.807) is 11.0 Å². The van der Waals surface area contributed by atoms with Crippen molar-refractivity contribution >= 4 is 16.9 Å². The minimum Gasteiger partial charge on any atom is -0.395 e. The van der Waals surface area contributed by atoms with E-state index >= 15 is 0 Å². The summed E-state index contributed by atoms with van der Waals surface area (Å²) in [5.41, 5.74) is 2.98. The number of hydrogen-bond donors (Lipinski definition) is 2. The highest BCUT2D eigenvalue weighted by Gasteiger charge is 2.17. The maximum atomic E-state index is 12.8. The molecule has 2 aromatic heterocycles. The lowest BCUT2D eigenvalue weighted by atomic mass is 10.1. The fourth-order valence-electron chi connectivity index (χ4n) is 2.50. The summed E-state index contributed by atoms with van der Waals surface area (Å²) in [6, 6.07) is 11.5. The molecule has 0 radical (unpaired) electrons. The smallest absolute Gasteiger partial charge is 0.255 e. The zero-order valence-corrected chi connectivity index (χ0v) is 12.9. The maximum absolute atomic E-state index is 12.8. The Bertz CT molecular complexity index is 814. The number of nitrogens with one attached hydrogen (secondary N) is 1. The molecular formula is C17H18N4O2. The molecule has 6 nitrogen and oxygen atoms in total. The maximum Gasteiger partial charge on any atom is 0.255 e. The first-order valence-corrected chi connectivity index (χ1v) is 7.44. The summed E-state index contributed by atoms with van der Waals surface area (Å²) in [5, 5.41) is 17.0. The van der Waals surface area contributed by atoms with Crippen molar-refractivity contribution < 1.29 is 9.90 Å². The lowest BCUT2D eigenvalue weighted by molar-refractivity contribution is 0.0707. The van der Waals surface area contributed by atoms with Crippen LogP contribution in [0.3, 0.4) is 0 Å². The summed E-state index contributed by atoms with van der Waals surface area (Å²) < 4.78 is 0. The third-order valence-electron chi connectivity index (χ3n) is 3.72. The van der Waals surface area contributed by atoms with Crippen LogP contribution in [0.5, 0.6) is 0 Å². The van der Waals surface area contributed by atoms with Crippen LogP contribution >= 0.6 is 0 Å². The molecule has 1 aromatic carbocycles. The van der Waals surface area contributed by atoms with E-state index in [1.165, 1.54) is 6.20 Å². The van der Waals surface area contributed by atoms with E-state index in [1.807, 2.05) is 37.3 Å². The standard InChI is InChI=1S/C17H18N4O2/c1-12-15-9-14(10-18-16(15)20-19-12)17(23)21(7-8-22)11-13-5-3-2-4-6-13/h2-6,9-10,22H,7-8,11H2,1H3,(H,18,19,20). The zero-order chi connectivity index (χ0) is 16.2. The van der Waals surface area contributed by atoms with Crippen molar-refractivity contribution in [3.8, 4) is 0 Å². The van der Waals surface area contributed by atoms with Crippen LogP contribution < -0.4 is 0 Å². The highest BCUT2D eigenvalue weighted by Crippen LogP contribution is 2.16. The van der Waals surface area contributed by atoms with Crippen molar-refractivity contribution in [1.82, 2.24) is 20.1 Å². The molecule has 0 saturated carbocycles. The first kappa shape index (κ1) is 15.2. The summed E-state index contributed by atoms with van der Waals surface area (Å²) in [6.07, 6.45) is 1.53. The normalized spacial score (nSPS) is 10.9. The van der Waals surface area contributed by atoms with E-state index in [0.717, 1.165) is 16.6 Å². The number of H-pyrrole nitrogens is 1. The molecule has 0 unspecified atom stereocenters. The van der Waals surface area contributed by atoms with Crippen LogP contribution in [-0.2, 0) is 6.54 Å². The molecule has 0 aliphatic heterocycles. The number of aliphatic hydroxyl groups excluding tert-OH is 1. The highest BCUT2D eigenvalue weighted by atomic mass is 16.3. The first-order valence-electron chi connectivity index (χ1n) is 7.44. The lowest BCUT2D eigenvalue weighted by Gasteiger charge is -2.22. The molecule has 118 valence electrons. The van der Waals surface area contributed by atoms with Crippen LogP contribution in [-0.4, -0.2) is 44.2 Å². The van der Waals surface area contributed by atoms with Gasteiger partial charge in [-0.05, 0) is 18.6 Å². The number of aryl methyl sites for hydroxylation is 1. The van der Waals surface area contributed by atoms with Gasteiger partial charge in [0.1, 0.15) is 0 Å². The molecule has 2 N–H and O–H groups in total. The average Bonchev–Trinajstić information content (AvgIpc) is 2.95. The van der Waals surface area contributed by atoms with Gasteiger partial charge < -0.3 is 10.0 Å². The van der Waals surface area contributed by atoms with Crippen LogP contribution in [0.1, 0.15) is 21.6 Å². The lowest BCUT2D eigenvalue weighted by Crippen LogP contribution is -2.33. The molecule has 2 heterocycles. The fourth-order valence-corrected chi connectivity index (χ4v) is 2.50. The van der Waals surface area contributed by atoms with Crippen molar-refractivity contribution in [2.75, 3.05) is 13.2 Å². The second-order valence-electron chi connectivity index (χ2n) is 5.38. The Labute approximate surface area is 133 Å². The number of carbonyl (C=O) groups excluding carboxylic acids is 1. The molecular weight excluding hydrogens is 292 g/mol. The molecule has 0 bridgehead atoms. The summed E-state index contributed by atoms with van der Waals surface area (Å²) >= 11 is 0. The molecule has 0 atom stereocenters. The Balaban J connectivity index is 1.88. The summed E-state index contributed by atoms with van der Waals surface area (Å²) in [5.74, 6) is -0.155. The number of rotatable bonds is 5. The van der Waals surface area contributed by atoms with Crippen molar-refractivity contribution in [1.29, 1.82) is 0 Å². The van der Waals surface area contributed by atoms with Crippen molar-refractivity contribution in [2.24, 2.45) is 0 Å². The van der Waals surface area contributed by atoms with E-state index in [2.05, 4.69) is 15.2 Å². The molecule has 3 aromatic rings. The van der Waals surface area contributed by atoms with Crippen LogP contribution in [0.25, 0.3) is 11.0 Å². The fraction of sp³-hybridized carbons (Fsp3) is 0.235. The third-order valence-corrected chi connectivity index (χ3v) is 3.72. The third kappa shape index (κ3) is 3.22. The van der Waals surface area contributed by atoms with E-state index < -0.39 is 0 Å². The Morgan fingerprint density at radius 1 is 1.30 bits per heavy atom. The van der Waals surface area contributed by atoms with E-state index in [9.17, 15) is 9.90 Å². The molecule has 0 aliphatic rings. The minimum absolute atomic E-state index is 0.0843. The average molecular weight is 310 g/mol. The second kappa shape index (κ2) is 6.58. The monoisotopic (exact) mass is 310 g/mol. The number of aromatic nitrogens is 3. The predicted molar refractivity (Wildman–Crippen MR) is 86.9 cm³/mol. The molecule has 0 fully saturated rings. The van der Waals surface area contributed by atoms with Gasteiger partial charge >= 0.3 is 0 Å². The van der Waals surface area contributed by atoms with Gasteiger partial charge in [-0.25, -0.2) is 4.98 Å². The Hall–Kier alpha value is -2.73. The number of carbonyl (C=O) groups is 1. The first-order chi connectivity index (χ1) is 11.2. The molecule has 23 heavy (non-hydrogen) atoms. The van der Waals surface area contributed by atoms with Crippen LogP contribution in [0.2, 0.25) is 0 Å². The van der Waals surface area contributed by atoms with Gasteiger partial charge in [0.25, 0.3) is 5.91 Å². The van der Waals surface area contributed by atoms with Crippen LogP contribution in [0.15, 0.2) is 42.6 Å². The van der Waals surface area contributed by atoms with Gasteiger partial charge in [-0.2, -0.15) is 5.10 Å². The Morgan fingerprint density at radius 3 is 2.83 bits per heavy atom.